The molecule has 1 aromatic heterocycles. The second-order valence-electron chi connectivity index (χ2n) is 8.14. The first-order valence-corrected chi connectivity index (χ1v) is 9.86. The number of rotatable bonds is 5. The predicted molar refractivity (Wildman–Crippen MR) is 95.7 cm³/mol. The highest BCUT2D eigenvalue weighted by atomic mass is 16.5. The molecule has 2 amide bonds. The molecule has 2 atom stereocenters. The molecule has 2 saturated heterocycles. The Morgan fingerprint density at radius 3 is 2.77 bits per heavy atom. The Morgan fingerprint density at radius 1 is 1.27 bits per heavy atom. The van der Waals surface area contributed by atoms with Gasteiger partial charge >= 0.3 is 0 Å². The summed E-state index contributed by atoms with van der Waals surface area (Å²) in [6.45, 7) is 5.40. The van der Waals surface area contributed by atoms with Crippen molar-refractivity contribution in [3.05, 3.63) is 17.5 Å². The smallest absolute Gasteiger partial charge is 0.273 e. The van der Waals surface area contributed by atoms with Crippen LogP contribution in [0.3, 0.4) is 0 Å². The zero-order valence-electron chi connectivity index (χ0n) is 15.4. The van der Waals surface area contributed by atoms with E-state index in [4.69, 9.17) is 4.52 Å². The number of piperidine rings is 1. The number of carbonyl (C=O) groups is 2. The third kappa shape index (κ3) is 3.92. The average molecular weight is 360 g/mol. The number of amides is 2. The fraction of sp³-hybridized carbons (Fsp3) is 0.737. The molecular weight excluding hydrogens is 332 g/mol. The molecule has 3 heterocycles. The van der Waals surface area contributed by atoms with Crippen LogP contribution in [0, 0.1) is 11.8 Å². The lowest BCUT2D eigenvalue weighted by Crippen LogP contribution is -2.41. The van der Waals surface area contributed by atoms with E-state index in [9.17, 15) is 9.59 Å². The van der Waals surface area contributed by atoms with Gasteiger partial charge in [-0.1, -0.05) is 12.1 Å². The summed E-state index contributed by atoms with van der Waals surface area (Å²) in [5, 5.41) is 10.3. The molecule has 26 heavy (non-hydrogen) atoms. The van der Waals surface area contributed by atoms with Crippen molar-refractivity contribution in [1.82, 2.24) is 20.7 Å². The maximum Gasteiger partial charge on any atom is 0.273 e. The Kier molecular flexibility index (Phi) is 4.98. The van der Waals surface area contributed by atoms with Gasteiger partial charge in [0.15, 0.2) is 5.69 Å². The van der Waals surface area contributed by atoms with Crippen LogP contribution in [0.4, 0.5) is 0 Å². The molecule has 4 rings (SSSR count). The molecule has 2 aliphatic heterocycles. The van der Waals surface area contributed by atoms with E-state index in [0.717, 1.165) is 44.5 Å². The molecule has 1 saturated carbocycles. The van der Waals surface area contributed by atoms with Gasteiger partial charge in [0, 0.05) is 31.5 Å². The van der Waals surface area contributed by atoms with Gasteiger partial charge in [-0.2, -0.15) is 0 Å². The zero-order valence-corrected chi connectivity index (χ0v) is 15.4. The molecule has 1 aliphatic carbocycles. The third-order valence-electron chi connectivity index (χ3n) is 5.94. The number of likely N-dealkylation sites (tertiary alicyclic amines) is 1. The molecule has 0 bridgehead atoms. The van der Waals surface area contributed by atoms with Crippen LogP contribution in [0.2, 0.25) is 0 Å². The van der Waals surface area contributed by atoms with E-state index in [1.54, 1.807) is 6.07 Å². The number of nitrogens with zero attached hydrogens (tertiary/aromatic N) is 2. The molecule has 0 aromatic carbocycles. The van der Waals surface area contributed by atoms with Crippen molar-refractivity contribution in [1.29, 1.82) is 0 Å². The lowest BCUT2D eigenvalue weighted by molar-refractivity contribution is -0.131. The summed E-state index contributed by atoms with van der Waals surface area (Å²) < 4.78 is 5.26. The largest absolute Gasteiger partial charge is 0.360 e. The maximum atomic E-state index is 12.6. The van der Waals surface area contributed by atoms with Crippen LogP contribution in [0.15, 0.2) is 10.6 Å². The summed E-state index contributed by atoms with van der Waals surface area (Å²) in [5.74, 6) is 2.00. The summed E-state index contributed by atoms with van der Waals surface area (Å²) in [7, 11) is 0. The summed E-state index contributed by atoms with van der Waals surface area (Å²) in [5.41, 5.74) is 0.346. The third-order valence-corrected chi connectivity index (χ3v) is 5.94. The molecule has 2 N–H and O–H groups in total. The van der Waals surface area contributed by atoms with Crippen molar-refractivity contribution in [2.24, 2.45) is 11.8 Å². The first-order chi connectivity index (χ1) is 12.6. The minimum Gasteiger partial charge on any atom is -0.360 e. The van der Waals surface area contributed by atoms with Gasteiger partial charge in [0.1, 0.15) is 5.76 Å². The second kappa shape index (κ2) is 7.39. The Labute approximate surface area is 153 Å². The minimum atomic E-state index is -0.204. The Morgan fingerprint density at radius 2 is 2.04 bits per heavy atom. The SMILES string of the molecule is C[C@H]1CN(C(=O)CC2CCNCC2)C[C@H]1NC(=O)c1cc(C2CC2)on1. The van der Waals surface area contributed by atoms with Crippen LogP contribution >= 0.6 is 0 Å². The van der Waals surface area contributed by atoms with Gasteiger partial charge in [-0.15, -0.1) is 0 Å². The lowest BCUT2D eigenvalue weighted by atomic mass is 9.94. The summed E-state index contributed by atoms with van der Waals surface area (Å²) in [6, 6.07) is 1.73. The number of aromatic nitrogens is 1. The standard InChI is InChI=1S/C19H28N4O3/c1-12-10-23(18(24)8-13-4-6-20-7-5-13)11-16(12)21-19(25)15-9-17(26-22-15)14-2-3-14/h9,12-14,16,20H,2-8,10-11H2,1H3,(H,21,25)/t12-,16+/m0/s1. The zero-order chi connectivity index (χ0) is 18.1. The lowest BCUT2D eigenvalue weighted by Gasteiger charge is -2.24. The van der Waals surface area contributed by atoms with E-state index in [1.165, 1.54) is 0 Å². The van der Waals surface area contributed by atoms with Crippen LogP contribution in [-0.2, 0) is 4.79 Å². The molecule has 0 unspecified atom stereocenters. The van der Waals surface area contributed by atoms with Crippen molar-refractivity contribution in [3.63, 3.8) is 0 Å². The molecule has 3 fully saturated rings. The van der Waals surface area contributed by atoms with Gasteiger partial charge in [-0.05, 0) is 50.6 Å². The average Bonchev–Trinajstić information content (AvgIpc) is 3.25. The highest BCUT2D eigenvalue weighted by molar-refractivity contribution is 5.92. The van der Waals surface area contributed by atoms with E-state index >= 15 is 0 Å². The molecular formula is C19H28N4O3. The van der Waals surface area contributed by atoms with E-state index in [1.807, 2.05) is 4.90 Å². The minimum absolute atomic E-state index is 0.0273. The Hall–Kier alpha value is -1.89. The van der Waals surface area contributed by atoms with Crippen molar-refractivity contribution < 1.29 is 14.1 Å². The normalized spacial score (nSPS) is 26.9. The Bertz CT molecular complexity index is 663. The van der Waals surface area contributed by atoms with Crippen molar-refractivity contribution in [2.45, 2.75) is 51.0 Å². The quantitative estimate of drug-likeness (QED) is 0.831. The molecule has 7 nitrogen and oxygen atoms in total. The second-order valence-corrected chi connectivity index (χ2v) is 8.14. The van der Waals surface area contributed by atoms with Gasteiger partial charge in [-0.3, -0.25) is 9.59 Å². The van der Waals surface area contributed by atoms with Gasteiger partial charge in [0.25, 0.3) is 5.91 Å². The summed E-state index contributed by atoms with van der Waals surface area (Å²) in [6.07, 6.45) is 5.01. The van der Waals surface area contributed by atoms with Gasteiger partial charge in [0.2, 0.25) is 5.91 Å². The fourth-order valence-corrected chi connectivity index (χ4v) is 4.02. The summed E-state index contributed by atoms with van der Waals surface area (Å²) in [4.78, 5) is 27.0. The first-order valence-electron chi connectivity index (χ1n) is 9.86. The highest BCUT2D eigenvalue weighted by Crippen LogP contribution is 2.40. The van der Waals surface area contributed by atoms with Crippen LogP contribution in [0.5, 0.6) is 0 Å². The highest BCUT2D eigenvalue weighted by Gasteiger charge is 2.35. The molecule has 0 spiro atoms. The van der Waals surface area contributed by atoms with E-state index < -0.39 is 0 Å². The molecule has 7 heteroatoms. The number of nitrogens with one attached hydrogen (secondary N) is 2. The number of hydrogen-bond acceptors (Lipinski definition) is 5. The maximum absolute atomic E-state index is 12.6. The molecule has 0 radical (unpaired) electrons. The number of carbonyl (C=O) groups excluding carboxylic acids is 2. The fourth-order valence-electron chi connectivity index (χ4n) is 4.02. The van der Waals surface area contributed by atoms with Crippen LogP contribution in [0.1, 0.15) is 61.2 Å². The monoisotopic (exact) mass is 360 g/mol. The van der Waals surface area contributed by atoms with E-state index in [0.29, 0.717) is 37.0 Å². The van der Waals surface area contributed by atoms with Gasteiger partial charge in [0.05, 0.1) is 6.04 Å². The van der Waals surface area contributed by atoms with Crippen molar-refractivity contribution >= 4 is 11.8 Å². The van der Waals surface area contributed by atoms with Gasteiger partial charge < -0.3 is 20.1 Å². The Balaban J connectivity index is 1.29. The van der Waals surface area contributed by atoms with Crippen LogP contribution < -0.4 is 10.6 Å². The van der Waals surface area contributed by atoms with Crippen LogP contribution in [0.25, 0.3) is 0 Å². The van der Waals surface area contributed by atoms with E-state index in [2.05, 4.69) is 22.7 Å². The topological polar surface area (TPSA) is 87.5 Å². The van der Waals surface area contributed by atoms with Gasteiger partial charge in [-0.25, -0.2) is 0 Å². The van der Waals surface area contributed by atoms with Crippen molar-refractivity contribution in [3.8, 4) is 0 Å². The molecule has 142 valence electrons. The number of hydrogen-bond donors (Lipinski definition) is 2. The molecule has 3 aliphatic rings. The first kappa shape index (κ1) is 17.5. The predicted octanol–water partition coefficient (Wildman–Crippen LogP) is 1.52. The summed E-state index contributed by atoms with van der Waals surface area (Å²) >= 11 is 0. The van der Waals surface area contributed by atoms with Crippen molar-refractivity contribution in [2.75, 3.05) is 26.2 Å². The van der Waals surface area contributed by atoms with Crippen LogP contribution in [-0.4, -0.2) is 54.1 Å². The van der Waals surface area contributed by atoms with E-state index in [-0.39, 0.29) is 23.8 Å². The molecule has 1 aromatic rings.